The van der Waals surface area contributed by atoms with Crippen LogP contribution in [0.4, 0.5) is 4.39 Å². The van der Waals surface area contributed by atoms with Crippen LogP contribution in [0, 0.1) is 5.82 Å². The highest BCUT2D eigenvalue weighted by Crippen LogP contribution is 2.43. The predicted molar refractivity (Wildman–Crippen MR) is 57.7 cm³/mol. The van der Waals surface area contributed by atoms with Gasteiger partial charge in [0.2, 0.25) is 6.79 Å². The fourth-order valence-corrected chi connectivity index (χ4v) is 1.99. The molecule has 1 heterocycles. The lowest BCUT2D eigenvalue weighted by molar-refractivity contribution is 0.173. The first-order chi connectivity index (χ1) is 7.15. The zero-order chi connectivity index (χ0) is 11.0. The number of hydrogen-bond acceptors (Lipinski definition) is 3. The first-order valence-corrected chi connectivity index (χ1v) is 5.42. The molecule has 0 radical (unpaired) electrons. The molecule has 1 atom stereocenters. The van der Waals surface area contributed by atoms with Crippen LogP contribution in [0.2, 0.25) is 0 Å². The van der Waals surface area contributed by atoms with Gasteiger partial charge in [-0.25, -0.2) is 4.39 Å². The molecule has 1 aromatic rings. The van der Waals surface area contributed by atoms with Crippen LogP contribution in [-0.4, -0.2) is 13.3 Å². The molecule has 3 nitrogen and oxygen atoms in total. The zero-order valence-electron chi connectivity index (χ0n) is 8.22. The van der Waals surface area contributed by atoms with E-state index < -0.39 is 0 Å². The summed E-state index contributed by atoms with van der Waals surface area (Å²) in [5.41, 5.74) is 6.02. The average molecular weight is 276 g/mol. The summed E-state index contributed by atoms with van der Waals surface area (Å²) in [6, 6.07) is 1.57. The fourth-order valence-electron chi connectivity index (χ4n) is 1.57. The second-order valence-corrected chi connectivity index (χ2v) is 4.31. The van der Waals surface area contributed by atoms with Gasteiger partial charge in [0.15, 0.2) is 11.5 Å². The van der Waals surface area contributed by atoms with Crippen LogP contribution >= 0.6 is 15.9 Å². The third-order valence-corrected chi connectivity index (χ3v) is 3.01. The summed E-state index contributed by atoms with van der Waals surface area (Å²) < 4.78 is 24.7. The predicted octanol–water partition coefficient (Wildman–Crippen LogP) is 2.38. The van der Waals surface area contributed by atoms with E-state index in [-0.39, 0.29) is 18.5 Å². The van der Waals surface area contributed by atoms with Gasteiger partial charge in [-0.05, 0) is 22.5 Å². The van der Waals surface area contributed by atoms with Gasteiger partial charge < -0.3 is 15.2 Å². The number of benzene rings is 1. The number of hydrogen-bond donors (Lipinski definition) is 1. The molecule has 2 rings (SSSR count). The van der Waals surface area contributed by atoms with Gasteiger partial charge in [0, 0.05) is 17.5 Å². The third-order valence-electron chi connectivity index (χ3n) is 2.44. The first-order valence-electron chi connectivity index (χ1n) is 4.62. The van der Waals surface area contributed by atoms with Gasteiger partial charge in [-0.15, -0.1) is 0 Å². The van der Waals surface area contributed by atoms with Crippen molar-refractivity contribution in [1.82, 2.24) is 0 Å². The molecular formula is C10H11BrFNO2. The molecule has 0 saturated carbocycles. The van der Waals surface area contributed by atoms with Crippen LogP contribution in [0.1, 0.15) is 18.4 Å². The number of rotatable bonds is 2. The van der Waals surface area contributed by atoms with Gasteiger partial charge in [0.25, 0.3) is 0 Å². The molecular weight excluding hydrogens is 265 g/mol. The summed E-state index contributed by atoms with van der Waals surface area (Å²) >= 11 is 3.15. The lowest BCUT2D eigenvalue weighted by atomic mass is 9.99. The number of halogens is 2. The van der Waals surface area contributed by atoms with Crippen molar-refractivity contribution in [2.75, 3.05) is 13.3 Å². The van der Waals surface area contributed by atoms with Crippen molar-refractivity contribution < 1.29 is 13.9 Å². The Morgan fingerprint density at radius 1 is 1.60 bits per heavy atom. The minimum atomic E-state index is -0.322. The Morgan fingerprint density at radius 3 is 3.00 bits per heavy atom. The zero-order valence-corrected chi connectivity index (χ0v) is 9.80. The Morgan fingerprint density at radius 2 is 2.33 bits per heavy atom. The van der Waals surface area contributed by atoms with Crippen molar-refractivity contribution in [3.05, 3.63) is 21.9 Å². The Bertz CT molecular complexity index is 397. The topological polar surface area (TPSA) is 44.5 Å². The van der Waals surface area contributed by atoms with Gasteiger partial charge in [-0.3, -0.25) is 0 Å². The van der Waals surface area contributed by atoms with Crippen molar-refractivity contribution in [2.24, 2.45) is 5.73 Å². The Balaban J connectivity index is 2.60. The van der Waals surface area contributed by atoms with E-state index >= 15 is 0 Å². The van der Waals surface area contributed by atoms with Gasteiger partial charge in [0.05, 0.1) is 4.47 Å². The second kappa shape index (κ2) is 3.98. The second-order valence-electron chi connectivity index (χ2n) is 3.46. The van der Waals surface area contributed by atoms with E-state index in [1.54, 1.807) is 6.07 Å². The molecule has 1 aromatic carbocycles. The number of nitrogens with two attached hydrogens (primary N) is 1. The molecule has 1 aliphatic heterocycles. The minimum absolute atomic E-state index is 0.0991. The van der Waals surface area contributed by atoms with E-state index in [0.29, 0.717) is 28.1 Å². The Hall–Kier alpha value is -0.810. The van der Waals surface area contributed by atoms with Crippen LogP contribution in [0.25, 0.3) is 0 Å². The summed E-state index contributed by atoms with van der Waals surface area (Å²) in [5, 5.41) is 0. The molecule has 0 bridgehead atoms. The van der Waals surface area contributed by atoms with Gasteiger partial charge >= 0.3 is 0 Å². The fraction of sp³-hybridized carbons (Fsp3) is 0.400. The summed E-state index contributed by atoms with van der Waals surface area (Å²) in [7, 11) is 0. The maximum atomic E-state index is 13.9. The SMILES string of the molecule is CC(CN)c1c(F)c(Br)cc2c1OCO2. The van der Waals surface area contributed by atoms with E-state index in [1.807, 2.05) is 6.92 Å². The summed E-state index contributed by atoms with van der Waals surface area (Å²) in [6.07, 6.45) is 0. The molecule has 0 amide bonds. The minimum Gasteiger partial charge on any atom is -0.454 e. The smallest absolute Gasteiger partial charge is 0.231 e. The average Bonchev–Trinajstić information content (AvgIpc) is 2.66. The van der Waals surface area contributed by atoms with E-state index in [2.05, 4.69) is 15.9 Å². The van der Waals surface area contributed by atoms with Crippen LogP contribution < -0.4 is 15.2 Å². The van der Waals surface area contributed by atoms with Crippen LogP contribution in [0.5, 0.6) is 11.5 Å². The van der Waals surface area contributed by atoms with Gasteiger partial charge in [-0.1, -0.05) is 6.92 Å². The molecule has 82 valence electrons. The van der Waals surface area contributed by atoms with Crippen molar-refractivity contribution in [3.8, 4) is 11.5 Å². The largest absolute Gasteiger partial charge is 0.454 e. The Kier molecular flexibility index (Phi) is 2.84. The lowest BCUT2D eigenvalue weighted by Crippen LogP contribution is -2.11. The molecule has 1 aliphatic rings. The molecule has 15 heavy (non-hydrogen) atoms. The van der Waals surface area contributed by atoms with E-state index in [0.717, 1.165) is 0 Å². The van der Waals surface area contributed by atoms with E-state index in [9.17, 15) is 4.39 Å². The highest BCUT2D eigenvalue weighted by molar-refractivity contribution is 9.10. The van der Waals surface area contributed by atoms with Crippen LogP contribution in [-0.2, 0) is 0 Å². The van der Waals surface area contributed by atoms with Gasteiger partial charge in [0.1, 0.15) is 5.82 Å². The number of fused-ring (bicyclic) bond motifs is 1. The van der Waals surface area contributed by atoms with Crippen molar-refractivity contribution >= 4 is 15.9 Å². The molecule has 2 N–H and O–H groups in total. The van der Waals surface area contributed by atoms with Crippen molar-refractivity contribution in [3.63, 3.8) is 0 Å². The van der Waals surface area contributed by atoms with Crippen molar-refractivity contribution in [2.45, 2.75) is 12.8 Å². The van der Waals surface area contributed by atoms with Gasteiger partial charge in [-0.2, -0.15) is 0 Å². The first kappa shape index (κ1) is 10.7. The molecule has 0 fully saturated rings. The third kappa shape index (κ3) is 1.70. The summed E-state index contributed by atoms with van der Waals surface area (Å²) in [6.45, 7) is 2.35. The van der Waals surface area contributed by atoms with E-state index in [4.69, 9.17) is 15.2 Å². The molecule has 0 saturated heterocycles. The molecule has 0 aromatic heterocycles. The monoisotopic (exact) mass is 275 g/mol. The maximum absolute atomic E-state index is 13.9. The van der Waals surface area contributed by atoms with Crippen LogP contribution in [0.15, 0.2) is 10.5 Å². The molecule has 5 heteroatoms. The van der Waals surface area contributed by atoms with Crippen LogP contribution in [0.3, 0.4) is 0 Å². The maximum Gasteiger partial charge on any atom is 0.231 e. The molecule has 0 spiro atoms. The molecule has 1 unspecified atom stereocenters. The summed E-state index contributed by atoms with van der Waals surface area (Å²) in [5.74, 6) is 0.627. The normalized spacial score (nSPS) is 15.5. The molecule has 0 aliphatic carbocycles. The quantitative estimate of drug-likeness (QED) is 0.902. The highest BCUT2D eigenvalue weighted by Gasteiger charge is 2.26. The Labute approximate surface area is 95.5 Å². The van der Waals surface area contributed by atoms with E-state index in [1.165, 1.54) is 0 Å². The highest BCUT2D eigenvalue weighted by atomic mass is 79.9. The summed E-state index contributed by atoms with van der Waals surface area (Å²) in [4.78, 5) is 0. The van der Waals surface area contributed by atoms with Crippen molar-refractivity contribution in [1.29, 1.82) is 0 Å². The lowest BCUT2D eigenvalue weighted by Gasteiger charge is -2.14. The number of ether oxygens (including phenoxy) is 2. The standard InChI is InChI=1S/C10H11BrFNO2/c1-5(3-13)8-9(12)6(11)2-7-10(8)15-4-14-7/h2,5H,3-4,13H2,1H3.